The van der Waals surface area contributed by atoms with Gasteiger partial charge in [0.2, 0.25) is 0 Å². The van der Waals surface area contributed by atoms with Crippen LogP contribution in [0.1, 0.15) is 27.2 Å². The standard InChI is InChI=1S/C12H22N2O4/c1-8(2)5-13-9-4-12(3,10(15)16)7-14(6-9)11(17)18/h8-9,13H,4-7H2,1-3H3,(H,15,16)(H,17,18)/t9-,12+/m0/s1. The third-order valence-corrected chi connectivity index (χ3v) is 3.28. The van der Waals surface area contributed by atoms with Gasteiger partial charge in [-0.15, -0.1) is 0 Å². The molecule has 1 saturated heterocycles. The monoisotopic (exact) mass is 258 g/mol. The van der Waals surface area contributed by atoms with Gasteiger partial charge in [0, 0.05) is 19.1 Å². The molecule has 0 aliphatic carbocycles. The largest absolute Gasteiger partial charge is 0.481 e. The maximum absolute atomic E-state index is 11.3. The van der Waals surface area contributed by atoms with Crippen LogP contribution in [-0.4, -0.2) is 52.9 Å². The first-order valence-electron chi connectivity index (χ1n) is 6.19. The molecule has 104 valence electrons. The lowest BCUT2D eigenvalue weighted by atomic mass is 9.80. The highest BCUT2D eigenvalue weighted by Crippen LogP contribution is 2.30. The highest BCUT2D eigenvalue weighted by Gasteiger charge is 2.43. The van der Waals surface area contributed by atoms with Gasteiger partial charge in [-0.05, 0) is 25.8 Å². The summed E-state index contributed by atoms with van der Waals surface area (Å²) in [6.07, 6.45) is -0.600. The number of piperidine rings is 1. The van der Waals surface area contributed by atoms with Crippen molar-refractivity contribution in [3.63, 3.8) is 0 Å². The molecule has 0 unspecified atom stereocenters. The Bertz CT molecular complexity index is 332. The summed E-state index contributed by atoms with van der Waals surface area (Å²) in [4.78, 5) is 23.5. The molecule has 6 nitrogen and oxygen atoms in total. The van der Waals surface area contributed by atoms with Crippen molar-refractivity contribution in [2.24, 2.45) is 11.3 Å². The molecule has 1 fully saturated rings. The molecule has 0 saturated carbocycles. The van der Waals surface area contributed by atoms with Crippen LogP contribution in [0.5, 0.6) is 0 Å². The third kappa shape index (κ3) is 3.60. The van der Waals surface area contributed by atoms with Gasteiger partial charge in [0.1, 0.15) is 0 Å². The smallest absolute Gasteiger partial charge is 0.407 e. The highest BCUT2D eigenvalue weighted by atomic mass is 16.4. The van der Waals surface area contributed by atoms with E-state index >= 15 is 0 Å². The molecule has 1 rings (SSSR count). The Balaban J connectivity index is 2.74. The van der Waals surface area contributed by atoms with Gasteiger partial charge in [-0.25, -0.2) is 4.79 Å². The summed E-state index contributed by atoms with van der Waals surface area (Å²) < 4.78 is 0. The Morgan fingerprint density at radius 1 is 1.44 bits per heavy atom. The maximum Gasteiger partial charge on any atom is 0.407 e. The number of hydrogen-bond acceptors (Lipinski definition) is 3. The first-order chi connectivity index (χ1) is 8.24. The highest BCUT2D eigenvalue weighted by molar-refractivity contribution is 5.76. The van der Waals surface area contributed by atoms with Gasteiger partial charge in [0.25, 0.3) is 0 Å². The van der Waals surface area contributed by atoms with E-state index in [0.29, 0.717) is 18.9 Å². The minimum atomic E-state index is -1.06. The van der Waals surface area contributed by atoms with Crippen molar-refractivity contribution in [2.45, 2.75) is 33.2 Å². The van der Waals surface area contributed by atoms with E-state index in [-0.39, 0.29) is 12.6 Å². The molecular formula is C12H22N2O4. The van der Waals surface area contributed by atoms with Crippen LogP contribution in [0.15, 0.2) is 0 Å². The average Bonchev–Trinajstić information content (AvgIpc) is 2.25. The second-order valence-electron chi connectivity index (χ2n) is 5.73. The number of nitrogens with zero attached hydrogens (tertiary/aromatic N) is 1. The van der Waals surface area contributed by atoms with Crippen LogP contribution in [0.25, 0.3) is 0 Å². The first kappa shape index (κ1) is 14.8. The van der Waals surface area contributed by atoms with E-state index in [1.165, 1.54) is 4.90 Å². The molecule has 2 atom stereocenters. The zero-order valence-corrected chi connectivity index (χ0v) is 11.1. The molecule has 18 heavy (non-hydrogen) atoms. The summed E-state index contributed by atoms with van der Waals surface area (Å²) in [6.45, 7) is 6.88. The zero-order chi connectivity index (χ0) is 13.9. The molecule has 0 bridgehead atoms. The van der Waals surface area contributed by atoms with E-state index in [4.69, 9.17) is 5.11 Å². The number of carbonyl (C=O) groups is 2. The van der Waals surface area contributed by atoms with Crippen molar-refractivity contribution in [1.29, 1.82) is 0 Å². The van der Waals surface area contributed by atoms with Crippen LogP contribution in [0, 0.1) is 11.3 Å². The van der Waals surface area contributed by atoms with Gasteiger partial charge in [-0.1, -0.05) is 13.8 Å². The number of aliphatic carboxylic acids is 1. The minimum Gasteiger partial charge on any atom is -0.481 e. The van der Waals surface area contributed by atoms with E-state index in [1.54, 1.807) is 6.92 Å². The lowest BCUT2D eigenvalue weighted by molar-refractivity contribution is -0.151. The fraction of sp³-hybridized carbons (Fsp3) is 0.833. The Morgan fingerprint density at radius 3 is 2.50 bits per heavy atom. The number of nitrogens with one attached hydrogen (secondary N) is 1. The first-order valence-corrected chi connectivity index (χ1v) is 6.19. The van der Waals surface area contributed by atoms with Gasteiger partial charge in [0.05, 0.1) is 5.41 Å². The van der Waals surface area contributed by atoms with Gasteiger partial charge in [0.15, 0.2) is 0 Å². The van der Waals surface area contributed by atoms with E-state index in [2.05, 4.69) is 19.2 Å². The fourth-order valence-electron chi connectivity index (χ4n) is 2.26. The summed E-state index contributed by atoms with van der Waals surface area (Å²) in [5.41, 5.74) is -1.01. The molecular weight excluding hydrogens is 236 g/mol. The van der Waals surface area contributed by atoms with Gasteiger partial charge < -0.3 is 20.4 Å². The van der Waals surface area contributed by atoms with Crippen molar-refractivity contribution in [1.82, 2.24) is 10.2 Å². The predicted octanol–water partition coefficient (Wildman–Crippen LogP) is 1.08. The third-order valence-electron chi connectivity index (χ3n) is 3.28. The van der Waals surface area contributed by atoms with Crippen molar-refractivity contribution in [3.8, 4) is 0 Å². The number of rotatable bonds is 4. The van der Waals surface area contributed by atoms with Crippen molar-refractivity contribution >= 4 is 12.1 Å². The SMILES string of the molecule is CC(C)CN[C@@H]1CN(C(=O)O)C[C@](C)(C(=O)O)C1. The van der Waals surface area contributed by atoms with Crippen LogP contribution >= 0.6 is 0 Å². The Kier molecular flexibility index (Phi) is 4.56. The summed E-state index contributed by atoms with van der Waals surface area (Å²) >= 11 is 0. The normalized spacial score (nSPS) is 28.4. The van der Waals surface area contributed by atoms with Crippen molar-refractivity contribution < 1.29 is 19.8 Å². The zero-order valence-electron chi connectivity index (χ0n) is 11.1. The Hall–Kier alpha value is -1.30. The summed E-state index contributed by atoms with van der Waals surface area (Å²) in [6, 6.07) is -0.0988. The van der Waals surface area contributed by atoms with Crippen LogP contribution in [0.2, 0.25) is 0 Å². The molecule has 3 N–H and O–H groups in total. The molecule has 0 spiro atoms. The van der Waals surface area contributed by atoms with E-state index in [9.17, 15) is 14.7 Å². The summed E-state index contributed by atoms with van der Waals surface area (Å²) in [7, 11) is 0. The molecule has 1 heterocycles. The quantitative estimate of drug-likeness (QED) is 0.702. The maximum atomic E-state index is 11.3. The van der Waals surface area contributed by atoms with Crippen LogP contribution in [0.4, 0.5) is 4.79 Å². The van der Waals surface area contributed by atoms with E-state index < -0.39 is 17.5 Å². The summed E-state index contributed by atoms with van der Waals surface area (Å²) in [5, 5.41) is 21.5. The number of carboxylic acids is 1. The minimum absolute atomic E-state index is 0.0531. The van der Waals surface area contributed by atoms with Gasteiger partial charge in [-0.2, -0.15) is 0 Å². The predicted molar refractivity (Wildman–Crippen MR) is 66.6 cm³/mol. The molecule has 0 aromatic heterocycles. The molecule has 0 aromatic carbocycles. The van der Waals surface area contributed by atoms with Crippen LogP contribution < -0.4 is 5.32 Å². The topological polar surface area (TPSA) is 89.9 Å². The lowest BCUT2D eigenvalue weighted by Gasteiger charge is -2.41. The average molecular weight is 258 g/mol. The lowest BCUT2D eigenvalue weighted by Crippen LogP contribution is -2.57. The second-order valence-corrected chi connectivity index (χ2v) is 5.73. The molecule has 0 aromatic rings. The number of carboxylic acid groups (broad SMARTS) is 2. The van der Waals surface area contributed by atoms with E-state index in [1.807, 2.05) is 0 Å². The van der Waals surface area contributed by atoms with E-state index in [0.717, 1.165) is 6.54 Å². The second kappa shape index (κ2) is 5.56. The molecule has 6 heteroatoms. The molecule has 0 radical (unpaired) electrons. The fourth-order valence-corrected chi connectivity index (χ4v) is 2.26. The van der Waals surface area contributed by atoms with Crippen LogP contribution in [0.3, 0.4) is 0 Å². The number of likely N-dealkylation sites (tertiary alicyclic amines) is 1. The summed E-state index contributed by atoms with van der Waals surface area (Å²) in [5.74, 6) is -0.494. The Labute approximate surface area is 107 Å². The Morgan fingerprint density at radius 2 is 2.06 bits per heavy atom. The van der Waals surface area contributed by atoms with Crippen molar-refractivity contribution in [2.75, 3.05) is 19.6 Å². The molecule has 1 aliphatic heterocycles. The number of amides is 1. The van der Waals surface area contributed by atoms with Crippen molar-refractivity contribution in [3.05, 3.63) is 0 Å². The van der Waals surface area contributed by atoms with Crippen LogP contribution in [-0.2, 0) is 4.79 Å². The molecule has 1 amide bonds. The molecule has 1 aliphatic rings. The number of hydrogen-bond donors (Lipinski definition) is 3. The van der Waals surface area contributed by atoms with Gasteiger partial charge in [-0.3, -0.25) is 4.79 Å². The van der Waals surface area contributed by atoms with Gasteiger partial charge >= 0.3 is 12.1 Å².